The van der Waals surface area contributed by atoms with Gasteiger partial charge in [0, 0.05) is 10.5 Å². The van der Waals surface area contributed by atoms with Crippen LogP contribution < -0.4 is 0 Å². The van der Waals surface area contributed by atoms with Crippen molar-refractivity contribution in [2.45, 2.75) is 24.9 Å². The minimum atomic E-state index is -4.29. The Morgan fingerprint density at radius 1 is 1.31 bits per heavy atom. The van der Waals surface area contributed by atoms with Gasteiger partial charge in [-0.2, -0.15) is 13.2 Å². The van der Waals surface area contributed by atoms with E-state index in [1.165, 1.54) is 17.8 Å². The Kier molecular flexibility index (Phi) is 4.31. The van der Waals surface area contributed by atoms with Gasteiger partial charge in [0.05, 0.1) is 5.56 Å². The van der Waals surface area contributed by atoms with Crippen molar-refractivity contribution >= 4 is 11.8 Å². The third-order valence-electron chi connectivity index (χ3n) is 1.87. The second-order valence-electron chi connectivity index (χ2n) is 3.02. The van der Waals surface area contributed by atoms with Crippen molar-refractivity contribution in [3.05, 3.63) is 29.3 Å². The van der Waals surface area contributed by atoms with Gasteiger partial charge in [0.15, 0.2) is 0 Å². The highest BCUT2D eigenvalue weighted by molar-refractivity contribution is 7.99. The van der Waals surface area contributed by atoms with E-state index in [1.807, 2.05) is 6.92 Å². The van der Waals surface area contributed by atoms with Gasteiger partial charge in [0.25, 0.3) is 0 Å². The van der Waals surface area contributed by atoms with Crippen LogP contribution in [0.2, 0.25) is 0 Å². The van der Waals surface area contributed by atoms with Gasteiger partial charge in [-0.25, -0.2) is 0 Å². The summed E-state index contributed by atoms with van der Waals surface area (Å²) in [7, 11) is 0. The zero-order valence-corrected chi connectivity index (χ0v) is 9.80. The van der Waals surface area contributed by atoms with E-state index >= 15 is 0 Å². The van der Waals surface area contributed by atoms with Crippen molar-refractivity contribution in [1.82, 2.24) is 0 Å². The number of thioether (sulfide) groups is 1. The molecule has 16 heavy (non-hydrogen) atoms. The molecule has 0 spiro atoms. The topological polar surface area (TPSA) is 0 Å². The summed E-state index contributed by atoms with van der Waals surface area (Å²) in [5.41, 5.74) is 0.0347. The lowest BCUT2D eigenvalue weighted by molar-refractivity contribution is -0.137. The quantitative estimate of drug-likeness (QED) is 0.555. The van der Waals surface area contributed by atoms with Crippen LogP contribution in [0.25, 0.3) is 0 Å². The van der Waals surface area contributed by atoms with E-state index in [2.05, 4.69) is 11.8 Å². The molecule has 0 saturated heterocycles. The highest BCUT2D eigenvalue weighted by atomic mass is 32.2. The van der Waals surface area contributed by atoms with Crippen molar-refractivity contribution in [2.75, 3.05) is 5.75 Å². The second-order valence-corrected chi connectivity index (χ2v) is 4.32. The van der Waals surface area contributed by atoms with Gasteiger partial charge in [0.2, 0.25) is 0 Å². The standard InChI is InChI=1S/C12H11F3S/c1-3-5-9-6-7-10(12(13,14)15)8-11(9)16-4-2/h6-8H,4H2,1-2H3. The molecule has 0 saturated carbocycles. The third-order valence-corrected chi connectivity index (χ3v) is 2.81. The average molecular weight is 244 g/mol. The highest BCUT2D eigenvalue weighted by Crippen LogP contribution is 2.33. The molecular weight excluding hydrogens is 233 g/mol. The minimum absolute atomic E-state index is 0.590. The second kappa shape index (κ2) is 5.31. The van der Waals surface area contributed by atoms with Crippen molar-refractivity contribution in [2.24, 2.45) is 0 Å². The molecule has 0 radical (unpaired) electrons. The summed E-state index contributed by atoms with van der Waals surface area (Å²) in [4.78, 5) is 0.590. The van der Waals surface area contributed by atoms with Gasteiger partial charge in [0.1, 0.15) is 0 Å². The summed E-state index contributed by atoms with van der Waals surface area (Å²) in [6.45, 7) is 3.56. The molecule has 86 valence electrons. The van der Waals surface area contributed by atoms with Crippen LogP contribution in [-0.2, 0) is 6.18 Å². The molecular formula is C12H11F3S. The molecule has 0 amide bonds. The molecule has 0 bridgehead atoms. The van der Waals surface area contributed by atoms with Gasteiger partial charge >= 0.3 is 6.18 Å². The van der Waals surface area contributed by atoms with Crippen LogP contribution in [0.1, 0.15) is 25.0 Å². The molecule has 0 heterocycles. The molecule has 0 aliphatic heterocycles. The molecule has 4 heteroatoms. The third kappa shape index (κ3) is 3.21. The van der Waals surface area contributed by atoms with E-state index in [1.54, 1.807) is 6.92 Å². The Balaban J connectivity index is 3.20. The van der Waals surface area contributed by atoms with Gasteiger partial charge in [-0.3, -0.25) is 0 Å². The lowest BCUT2D eigenvalue weighted by Crippen LogP contribution is -2.05. The molecule has 0 N–H and O–H groups in total. The van der Waals surface area contributed by atoms with Gasteiger partial charge in [-0.05, 0) is 30.9 Å². The molecule has 0 fully saturated rings. The first-order chi connectivity index (χ1) is 7.49. The number of alkyl halides is 3. The zero-order valence-electron chi connectivity index (χ0n) is 8.98. The lowest BCUT2D eigenvalue weighted by Gasteiger charge is -2.09. The fourth-order valence-corrected chi connectivity index (χ4v) is 2.01. The van der Waals surface area contributed by atoms with E-state index in [0.717, 1.165) is 17.9 Å². The van der Waals surface area contributed by atoms with Crippen molar-refractivity contribution < 1.29 is 13.2 Å². The first-order valence-corrected chi connectivity index (χ1v) is 5.74. The van der Waals surface area contributed by atoms with Crippen LogP contribution in [0.5, 0.6) is 0 Å². The van der Waals surface area contributed by atoms with Gasteiger partial charge < -0.3 is 0 Å². The first-order valence-electron chi connectivity index (χ1n) is 4.75. The van der Waals surface area contributed by atoms with Crippen LogP contribution in [0.3, 0.4) is 0 Å². The smallest absolute Gasteiger partial charge is 0.166 e. The fraction of sp³-hybridized carbons (Fsp3) is 0.333. The monoisotopic (exact) mass is 244 g/mol. The molecule has 0 atom stereocenters. The Morgan fingerprint density at radius 2 is 2.00 bits per heavy atom. The van der Waals surface area contributed by atoms with E-state index in [9.17, 15) is 13.2 Å². The summed E-state index contributed by atoms with van der Waals surface area (Å²) in [6, 6.07) is 3.66. The molecule has 1 aromatic rings. The molecule has 0 unspecified atom stereocenters. The van der Waals surface area contributed by atoms with Crippen LogP contribution >= 0.6 is 11.8 Å². The number of benzene rings is 1. The Hall–Kier alpha value is -1.08. The number of halogens is 3. The van der Waals surface area contributed by atoms with E-state index in [4.69, 9.17) is 0 Å². The molecule has 1 aromatic carbocycles. The van der Waals surface area contributed by atoms with Crippen LogP contribution in [0.4, 0.5) is 13.2 Å². The summed E-state index contributed by atoms with van der Waals surface area (Å²) >= 11 is 1.37. The van der Waals surface area contributed by atoms with Crippen LogP contribution in [0.15, 0.2) is 23.1 Å². The maximum atomic E-state index is 12.5. The summed E-state index contributed by atoms with van der Waals surface area (Å²) in [6.07, 6.45) is -4.29. The van der Waals surface area contributed by atoms with Gasteiger partial charge in [-0.15, -0.1) is 17.7 Å². The number of rotatable bonds is 2. The maximum absolute atomic E-state index is 12.5. The normalized spacial score (nSPS) is 10.8. The van der Waals surface area contributed by atoms with Crippen molar-refractivity contribution in [3.8, 4) is 11.8 Å². The predicted octanol–water partition coefficient (Wildman–Crippen LogP) is 4.19. The SMILES string of the molecule is CC#Cc1ccc(C(F)(F)F)cc1SCC. The fourth-order valence-electron chi connectivity index (χ4n) is 1.21. The van der Waals surface area contributed by atoms with E-state index < -0.39 is 11.7 Å². The zero-order chi connectivity index (χ0) is 12.2. The van der Waals surface area contributed by atoms with E-state index in [0.29, 0.717) is 10.5 Å². The number of hydrogen-bond donors (Lipinski definition) is 0. The Bertz CT molecular complexity index is 424. The molecule has 0 aliphatic rings. The molecule has 0 aliphatic carbocycles. The largest absolute Gasteiger partial charge is 0.416 e. The molecule has 1 rings (SSSR count). The summed E-state index contributed by atoms with van der Waals surface area (Å²) < 4.78 is 37.4. The van der Waals surface area contributed by atoms with Crippen LogP contribution in [-0.4, -0.2) is 5.75 Å². The van der Waals surface area contributed by atoms with E-state index in [-0.39, 0.29) is 0 Å². The Labute approximate surface area is 97.2 Å². The van der Waals surface area contributed by atoms with Crippen molar-refractivity contribution in [1.29, 1.82) is 0 Å². The first kappa shape index (κ1) is 13.0. The average Bonchev–Trinajstić information content (AvgIpc) is 2.19. The van der Waals surface area contributed by atoms with Crippen molar-refractivity contribution in [3.63, 3.8) is 0 Å². The summed E-state index contributed by atoms with van der Waals surface area (Å²) in [5.74, 6) is 6.22. The predicted molar refractivity (Wildman–Crippen MR) is 60.4 cm³/mol. The highest BCUT2D eigenvalue weighted by Gasteiger charge is 2.30. The van der Waals surface area contributed by atoms with Gasteiger partial charge in [-0.1, -0.05) is 12.8 Å². The Morgan fingerprint density at radius 3 is 2.50 bits per heavy atom. The van der Waals surface area contributed by atoms with Crippen LogP contribution in [0, 0.1) is 11.8 Å². The minimum Gasteiger partial charge on any atom is -0.166 e. The lowest BCUT2D eigenvalue weighted by atomic mass is 10.1. The summed E-state index contributed by atoms with van der Waals surface area (Å²) in [5, 5.41) is 0. The number of hydrogen-bond acceptors (Lipinski definition) is 1. The maximum Gasteiger partial charge on any atom is 0.416 e. The molecule has 0 nitrogen and oxygen atoms in total. The molecule has 0 aromatic heterocycles.